The SMILES string of the molecule is CCN(C)S(=O)(=O)Nc1ccc(F)c(Oc2ccc3ncn(C4CC5CN(C(=O)OC(C)(C)C)CC5C4)c(=O)c3c2)c1C#N. The van der Waals surface area contributed by atoms with Crippen molar-refractivity contribution in [2.75, 3.05) is 31.4 Å². The van der Waals surface area contributed by atoms with Gasteiger partial charge in [-0.2, -0.15) is 18.0 Å². The number of fused-ring (bicyclic) bond motifs is 2. The maximum atomic E-state index is 14.9. The number of rotatable bonds is 7. The number of carbonyl (C=O) groups excluding carboxylic acids is 1. The highest BCUT2D eigenvalue weighted by Crippen LogP contribution is 2.44. The van der Waals surface area contributed by atoms with Gasteiger partial charge in [-0.25, -0.2) is 14.2 Å². The zero-order valence-corrected chi connectivity index (χ0v) is 26.0. The second-order valence-corrected chi connectivity index (χ2v) is 14.0. The van der Waals surface area contributed by atoms with Gasteiger partial charge in [-0.05, 0) is 75.8 Å². The van der Waals surface area contributed by atoms with E-state index in [0.717, 1.165) is 16.4 Å². The number of aromatic nitrogens is 2. The van der Waals surface area contributed by atoms with Gasteiger partial charge in [0, 0.05) is 32.7 Å². The summed E-state index contributed by atoms with van der Waals surface area (Å²) in [5.41, 5.74) is -0.944. The van der Waals surface area contributed by atoms with Crippen LogP contribution in [0.3, 0.4) is 0 Å². The van der Waals surface area contributed by atoms with Crippen LogP contribution >= 0.6 is 0 Å². The zero-order chi connectivity index (χ0) is 32.0. The Hall–Kier alpha value is -4.22. The minimum Gasteiger partial charge on any atom is -0.453 e. The van der Waals surface area contributed by atoms with E-state index in [-0.39, 0.29) is 58.5 Å². The lowest BCUT2D eigenvalue weighted by molar-refractivity contribution is 0.0278. The molecule has 2 heterocycles. The van der Waals surface area contributed by atoms with Crippen molar-refractivity contribution in [1.29, 1.82) is 5.26 Å². The van der Waals surface area contributed by atoms with Crippen LogP contribution in [0.15, 0.2) is 41.5 Å². The summed E-state index contributed by atoms with van der Waals surface area (Å²) in [6, 6.07) is 8.35. The van der Waals surface area contributed by atoms with Crippen LogP contribution in [0, 0.1) is 29.0 Å². The molecule has 12 nitrogen and oxygen atoms in total. The van der Waals surface area contributed by atoms with Crippen LogP contribution in [0.4, 0.5) is 14.9 Å². The van der Waals surface area contributed by atoms with Crippen LogP contribution in [0.1, 0.15) is 52.1 Å². The lowest BCUT2D eigenvalue weighted by Gasteiger charge is -2.25. The molecule has 1 saturated heterocycles. The first kappa shape index (κ1) is 31.2. The smallest absolute Gasteiger partial charge is 0.410 e. The topological polar surface area (TPSA) is 147 Å². The first-order valence-electron chi connectivity index (χ1n) is 14.3. The van der Waals surface area contributed by atoms with Crippen LogP contribution in [-0.4, -0.2) is 65.6 Å². The predicted octanol–water partition coefficient (Wildman–Crippen LogP) is 4.63. The highest BCUT2D eigenvalue weighted by molar-refractivity contribution is 7.90. The van der Waals surface area contributed by atoms with Crippen molar-refractivity contribution >= 4 is 32.9 Å². The molecule has 1 aliphatic heterocycles. The summed E-state index contributed by atoms with van der Waals surface area (Å²) < 4.78 is 56.2. The van der Waals surface area contributed by atoms with Gasteiger partial charge in [0.1, 0.15) is 23.0 Å². The molecular formula is C30H35FN6O6S. The van der Waals surface area contributed by atoms with Crippen LogP contribution in [0.25, 0.3) is 10.9 Å². The molecule has 2 atom stereocenters. The Kier molecular flexibility index (Phi) is 8.30. The molecule has 1 N–H and O–H groups in total. The van der Waals surface area contributed by atoms with E-state index in [0.29, 0.717) is 31.4 Å². The fourth-order valence-electron chi connectivity index (χ4n) is 5.77. The summed E-state index contributed by atoms with van der Waals surface area (Å²) in [6.07, 6.45) is 2.62. The van der Waals surface area contributed by atoms with Crippen molar-refractivity contribution in [1.82, 2.24) is 18.8 Å². The summed E-state index contributed by atoms with van der Waals surface area (Å²) in [7, 11) is -2.63. The standard InChI is InChI=1S/C30H35FN6O6S/c1-6-35(5)44(40,41)34-26-10-8-24(31)27(23(26)14-32)42-21-7-9-25-22(13-21)28(38)37(17-33-25)20-11-18-15-36(16-19(18)12-20)29(39)43-30(2,3)4/h7-10,13,17-20,34H,6,11-12,15-16H2,1-5H3. The van der Waals surface area contributed by atoms with Crippen molar-refractivity contribution in [3.63, 3.8) is 0 Å². The number of carbonyl (C=O) groups is 1. The third-order valence-electron chi connectivity index (χ3n) is 8.06. The second kappa shape index (κ2) is 11.7. The number of ether oxygens (including phenoxy) is 2. The van der Waals surface area contributed by atoms with Crippen LogP contribution in [-0.2, 0) is 14.9 Å². The first-order valence-corrected chi connectivity index (χ1v) is 15.8. The molecule has 0 bridgehead atoms. The van der Waals surface area contributed by atoms with Gasteiger partial charge in [-0.1, -0.05) is 6.92 Å². The Bertz CT molecular complexity index is 1800. The van der Waals surface area contributed by atoms with Gasteiger partial charge in [0.05, 0.1) is 22.9 Å². The molecule has 2 unspecified atom stereocenters. The minimum atomic E-state index is -3.99. The third kappa shape index (κ3) is 6.20. The summed E-state index contributed by atoms with van der Waals surface area (Å²) in [5, 5.41) is 10.0. The number of anilines is 1. The zero-order valence-electron chi connectivity index (χ0n) is 25.2. The molecular weight excluding hydrogens is 591 g/mol. The molecule has 1 aromatic heterocycles. The van der Waals surface area contributed by atoms with E-state index in [1.165, 1.54) is 25.5 Å². The van der Waals surface area contributed by atoms with Gasteiger partial charge in [-0.15, -0.1) is 0 Å². The third-order valence-corrected chi connectivity index (χ3v) is 9.62. The molecule has 2 aromatic carbocycles. The van der Waals surface area contributed by atoms with Gasteiger partial charge in [0.15, 0.2) is 11.6 Å². The van der Waals surface area contributed by atoms with E-state index >= 15 is 0 Å². The average Bonchev–Trinajstić information content (AvgIpc) is 3.54. The molecule has 44 heavy (non-hydrogen) atoms. The van der Waals surface area contributed by atoms with E-state index < -0.39 is 27.4 Å². The lowest BCUT2D eigenvalue weighted by atomic mass is 10.0. The number of halogens is 1. The highest BCUT2D eigenvalue weighted by Gasteiger charge is 2.44. The fourth-order valence-corrected chi connectivity index (χ4v) is 6.71. The van der Waals surface area contributed by atoms with E-state index in [2.05, 4.69) is 9.71 Å². The quantitative estimate of drug-likeness (QED) is 0.400. The van der Waals surface area contributed by atoms with Gasteiger partial charge in [0.2, 0.25) is 0 Å². The van der Waals surface area contributed by atoms with Crippen molar-refractivity contribution in [2.45, 2.75) is 52.2 Å². The summed E-state index contributed by atoms with van der Waals surface area (Å²) in [6.45, 7) is 8.46. The summed E-state index contributed by atoms with van der Waals surface area (Å²) in [5.74, 6) is -0.812. The molecule has 1 saturated carbocycles. The first-order chi connectivity index (χ1) is 20.7. The predicted molar refractivity (Wildman–Crippen MR) is 161 cm³/mol. The number of nitrogens with zero attached hydrogens (tertiary/aromatic N) is 5. The van der Waals surface area contributed by atoms with Crippen molar-refractivity contribution in [2.24, 2.45) is 11.8 Å². The molecule has 1 amide bonds. The fraction of sp³-hybridized carbons (Fsp3) is 0.467. The Morgan fingerprint density at radius 2 is 1.89 bits per heavy atom. The normalized spacial score (nSPS) is 20.0. The van der Waals surface area contributed by atoms with Crippen LogP contribution < -0.4 is 15.0 Å². The lowest BCUT2D eigenvalue weighted by Crippen LogP contribution is -2.36. The Morgan fingerprint density at radius 3 is 2.50 bits per heavy atom. The Morgan fingerprint density at radius 1 is 1.20 bits per heavy atom. The minimum absolute atomic E-state index is 0.0755. The second-order valence-electron chi connectivity index (χ2n) is 12.2. The number of likely N-dealkylation sites (tertiary alicyclic amines) is 1. The largest absolute Gasteiger partial charge is 0.453 e. The van der Waals surface area contributed by atoms with Gasteiger partial charge in [-0.3, -0.25) is 14.1 Å². The molecule has 1 aliphatic carbocycles. The Labute approximate surface area is 255 Å². The van der Waals surface area contributed by atoms with Crippen LogP contribution in [0.5, 0.6) is 11.5 Å². The maximum absolute atomic E-state index is 14.9. The summed E-state index contributed by atoms with van der Waals surface area (Å²) in [4.78, 5) is 32.4. The molecule has 2 aliphatic rings. The molecule has 0 radical (unpaired) electrons. The number of amides is 1. The van der Waals surface area contributed by atoms with E-state index in [1.807, 2.05) is 26.8 Å². The highest BCUT2D eigenvalue weighted by atomic mass is 32.2. The number of nitriles is 1. The number of nitrogens with one attached hydrogen (secondary N) is 1. The number of hydrogen-bond acceptors (Lipinski definition) is 8. The number of hydrogen-bond donors (Lipinski definition) is 1. The van der Waals surface area contributed by atoms with Gasteiger partial charge >= 0.3 is 16.3 Å². The van der Waals surface area contributed by atoms with E-state index in [9.17, 15) is 27.7 Å². The molecule has 234 valence electrons. The van der Waals surface area contributed by atoms with Gasteiger partial charge in [0.25, 0.3) is 5.56 Å². The van der Waals surface area contributed by atoms with Crippen molar-refractivity contribution in [3.05, 3.63) is 58.4 Å². The molecule has 3 aromatic rings. The molecule has 5 rings (SSSR count). The maximum Gasteiger partial charge on any atom is 0.410 e. The van der Waals surface area contributed by atoms with E-state index in [4.69, 9.17) is 9.47 Å². The molecule has 14 heteroatoms. The van der Waals surface area contributed by atoms with Gasteiger partial charge < -0.3 is 14.4 Å². The van der Waals surface area contributed by atoms with E-state index in [1.54, 1.807) is 22.5 Å². The average molecular weight is 627 g/mol. The molecule has 0 spiro atoms. The van der Waals surface area contributed by atoms with Crippen molar-refractivity contribution < 1.29 is 27.1 Å². The van der Waals surface area contributed by atoms with Crippen molar-refractivity contribution in [3.8, 4) is 17.6 Å². The number of benzene rings is 2. The van der Waals surface area contributed by atoms with Crippen LogP contribution in [0.2, 0.25) is 0 Å². The molecule has 2 fully saturated rings. The summed E-state index contributed by atoms with van der Waals surface area (Å²) >= 11 is 0. The Balaban J connectivity index is 1.38. The monoisotopic (exact) mass is 626 g/mol.